The van der Waals surface area contributed by atoms with Gasteiger partial charge in [0.1, 0.15) is 5.75 Å². The first kappa shape index (κ1) is 12.1. The van der Waals surface area contributed by atoms with Gasteiger partial charge in [0.25, 0.3) is 0 Å². The first-order valence-electron chi connectivity index (χ1n) is 5.03. The molecule has 0 saturated heterocycles. The van der Waals surface area contributed by atoms with E-state index in [1.807, 2.05) is 6.92 Å². The van der Waals surface area contributed by atoms with Crippen LogP contribution >= 0.6 is 11.6 Å². The number of aromatic hydroxyl groups is 1. The molecule has 1 aromatic carbocycles. The van der Waals surface area contributed by atoms with Crippen LogP contribution in [0.2, 0.25) is 5.02 Å². The molecule has 3 heteroatoms. The third-order valence-corrected chi connectivity index (χ3v) is 2.69. The molecule has 0 atom stereocenters. The lowest BCUT2D eigenvalue weighted by Crippen LogP contribution is -2.08. The molecule has 1 rings (SSSR count). The lowest BCUT2D eigenvalue weighted by atomic mass is 9.98. The van der Waals surface area contributed by atoms with Crippen LogP contribution in [0.15, 0.2) is 12.1 Å². The number of carbonyl (C=O) groups is 1. The molecule has 1 aromatic rings. The van der Waals surface area contributed by atoms with E-state index in [1.165, 1.54) is 0 Å². The number of halogens is 1. The fourth-order valence-corrected chi connectivity index (χ4v) is 1.68. The highest BCUT2D eigenvalue weighted by Gasteiger charge is 2.16. The van der Waals surface area contributed by atoms with E-state index < -0.39 is 0 Å². The minimum Gasteiger partial charge on any atom is -0.507 e. The van der Waals surface area contributed by atoms with Gasteiger partial charge in [0.15, 0.2) is 5.78 Å². The van der Waals surface area contributed by atoms with Gasteiger partial charge in [-0.1, -0.05) is 32.4 Å². The summed E-state index contributed by atoms with van der Waals surface area (Å²) in [5.41, 5.74) is 1.17. The number of ketones is 1. The first-order valence-corrected chi connectivity index (χ1v) is 5.40. The summed E-state index contributed by atoms with van der Waals surface area (Å²) < 4.78 is 0. The zero-order valence-corrected chi connectivity index (χ0v) is 9.93. The van der Waals surface area contributed by atoms with Crippen molar-refractivity contribution in [3.63, 3.8) is 0 Å². The number of rotatable bonds is 3. The van der Waals surface area contributed by atoms with E-state index in [4.69, 9.17) is 11.6 Å². The highest BCUT2D eigenvalue weighted by molar-refractivity contribution is 6.31. The minimum absolute atomic E-state index is 0.0231. The zero-order chi connectivity index (χ0) is 11.6. The Kier molecular flexibility index (Phi) is 3.75. The zero-order valence-electron chi connectivity index (χ0n) is 9.17. The molecule has 0 radical (unpaired) electrons. The molecule has 0 unspecified atom stereocenters. The van der Waals surface area contributed by atoms with Gasteiger partial charge in [-0.15, -0.1) is 0 Å². The van der Waals surface area contributed by atoms with E-state index in [9.17, 15) is 9.90 Å². The van der Waals surface area contributed by atoms with Gasteiger partial charge >= 0.3 is 0 Å². The van der Waals surface area contributed by atoms with E-state index in [2.05, 4.69) is 0 Å². The molecule has 0 aromatic heterocycles. The van der Waals surface area contributed by atoms with Gasteiger partial charge in [-0.25, -0.2) is 0 Å². The molecule has 1 N–H and O–H groups in total. The van der Waals surface area contributed by atoms with Crippen molar-refractivity contribution >= 4 is 17.4 Å². The number of phenols is 1. The second-order valence-electron chi connectivity index (χ2n) is 3.83. The molecular weight excluding hydrogens is 212 g/mol. The third kappa shape index (κ3) is 2.51. The first-order chi connectivity index (χ1) is 6.97. The van der Waals surface area contributed by atoms with E-state index in [0.717, 1.165) is 12.0 Å². The van der Waals surface area contributed by atoms with Gasteiger partial charge in [0, 0.05) is 10.9 Å². The SMILES string of the molecule is CCc1cc(O)c(C(=O)C(C)C)cc1Cl. The van der Waals surface area contributed by atoms with Crippen molar-refractivity contribution in [1.29, 1.82) is 0 Å². The number of carbonyl (C=O) groups excluding carboxylic acids is 1. The number of benzene rings is 1. The molecule has 2 nitrogen and oxygen atoms in total. The number of hydrogen-bond acceptors (Lipinski definition) is 2. The normalized spacial score (nSPS) is 10.7. The van der Waals surface area contributed by atoms with Crippen LogP contribution in [0.3, 0.4) is 0 Å². The summed E-state index contributed by atoms with van der Waals surface area (Å²) in [5.74, 6) is -0.202. The summed E-state index contributed by atoms with van der Waals surface area (Å²) in [6, 6.07) is 3.12. The van der Waals surface area contributed by atoms with Crippen LogP contribution in [0.4, 0.5) is 0 Å². The van der Waals surface area contributed by atoms with Crippen LogP contribution in [0.5, 0.6) is 5.75 Å². The van der Waals surface area contributed by atoms with Crippen molar-refractivity contribution in [2.45, 2.75) is 27.2 Å². The van der Waals surface area contributed by atoms with Crippen LogP contribution in [0.25, 0.3) is 0 Å². The molecule has 0 fully saturated rings. The highest BCUT2D eigenvalue weighted by Crippen LogP contribution is 2.28. The average molecular weight is 227 g/mol. The largest absolute Gasteiger partial charge is 0.507 e. The summed E-state index contributed by atoms with van der Waals surface area (Å²) in [5, 5.41) is 10.2. The Morgan fingerprint density at radius 2 is 2.07 bits per heavy atom. The van der Waals surface area contributed by atoms with Crippen LogP contribution in [0, 0.1) is 5.92 Å². The Morgan fingerprint density at radius 1 is 1.47 bits per heavy atom. The van der Waals surface area contributed by atoms with Gasteiger partial charge in [0.2, 0.25) is 0 Å². The molecule has 0 spiro atoms. The Labute approximate surface area is 94.9 Å². The maximum Gasteiger partial charge on any atom is 0.169 e. The molecule has 0 heterocycles. The molecule has 0 bridgehead atoms. The molecule has 82 valence electrons. The summed E-state index contributed by atoms with van der Waals surface area (Å²) in [6.45, 7) is 5.54. The molecule has 15 heavy (non-hydrogen) atoms. The van der Waals surface area contributed by atoms with Gasteiger partial charge in [-0.05, 0) is 24.1 Å². The summed E-state index contributed by atoms with van der Waals surface area (Å²) in [7, 11) is 0. The smallest absolute Gasteiger partial charge is 0.169 e. The van der Waals surface area contributed by atoms with Gasteiger partial charge in [0.05, 0.1) is 5.56 Å². The van der Waals surface area contributed by atoms with E-state index in [1.54, 1.807) is 26.0 Å². The van der Waals surface area contributed by atoms with Crippen molar-refractivity contribution in [2.75, 3.05) is 0 Å². The molecule has 0 saturated carbocycles. The second-order valence-corrected chi connectivity index (χ2v) is 4.24. The summed E-state index contributed by atoms with van der Waals surface area (Å²) >= 11 is 5.99. The van der Waals surface area contributed by atoms with Crippen molar-refractivity contribution in [1.82, 2.24) is 0 Å². The van der Waals surface area contributed by atoms with E-state index in [0.29, 0.717) is 10.6 Å². The molecular formula is C12H15ClO2. The standard InChI is InChI=1S/C12H15ClO2/c1-4-8-5-11(14)9(6-10(8)13)12(15)7(2)3/h5-7,14H,4H2,1-3H3. The quantitative estimate of drug-likeness (QED) is 0.802. The Morgan fingerprint density at radius 3 is 2.53 bits per heavy atom. The average Bonchev–Trinajstić information content (AvgIpc) is 2.19. The van der Waals surface area contributed by atoms with Gasteiger partial charge < -0.3 is 5.11 Å². The second kappa shape index (κ2) is 4.67. The van der Waals surface area contributed by atoms with Crippen LogP contribution in [0.1, 0.15) is 36.7 Å². The molecule has 0 aliphatic carbocycles. The topological polar surface area (TPSA) is 37.3 Å². The molecule has 0 amide bonds. The maximum absolute atomic E-state index is 11.7. The van der Waals surface area contributed by atoms with Gasteiger partial charge in [-0.2, -0.15) is 0 Å². The number of aryl methyl sites for hydroxylation is 1. The predicted molar refractivity (Wildman–Crippen MR) is 61.7 cm³/mol. The third-order valence-electron chi connectivity index (χ3n) is 2.34. The number of Topliss-reactive ketones (excluding diaryl/α,β-unsaturated/α-hetero) is 1. The van der Waals surface area contributed by atoms with Crippen LogP contribution in [-0.4, -0.2) is 10.9 Å². The van der Waals surface area contributed by atoms with Crippen LogP contribution in [-0.2, 0) is 6.42 Å². The predicted octanol–water partition coefficient (Wildman–Crippen LogP) is 3.45. The van der Waals surface area contributed by atoms with E-state index >= 15 is 0 Å². The molecule has 0 aliphatic rings. The fraction of sp³-hybridized carbons (Fsp3) is 0.417. The van der Waals surface area contributed by atoms with E-state index in [-0.39, 0.29) is 17.5 Å². The van der Waals surface area contributed by atoms with Crippen molar-refractivity contribution in [3.05, 3.63) is 28.3 Å². The fourth-order valence-electron chi connectivity index (χ4n) is 1.38. The Hall–Kier alpha value is -1.02. The molecule has 0 aliphatic heterocycles. The van der Waals surface area contributed by atoms with Crippen molar-refractivity contribution in [3.8, 4) is 5.75 Å². The van der Waals surface area contributed by atoms with Crippen molar-refractivity contribution in [2.24, 2.45) is 5.92 Å². The van der Waals surface area contributed by atoms with Crippen molar-refractivity contribution < 1.29 is 9.90 Å². The van der Waals surface area contributed by atoms with Crippen LogP contribution < -0.4 is 0 Å². The monoisotopic (exact) mass is 226 g/mol. The lowest BCUT2D eigenvalue weighted by Gasteiger charge is -2.09. The van der Waals surface area contributed by atoms with Gasteiger partial charge in [-0.3, -0.25) is 4.79 Å². The maximum atomic E-state index is 11.7. The summed E-state index contributed by atoms with van der Waals surface area (Å²) in [6.07, 6.45) is 0.739. The Balaban J connectivity index is 3.22. The number of phenolic OH excluding ortho intramolecular Hbond substituents is 1. The Bertz CT molecular complexity index is 383. The number of hydrogen-bond donors (Lipinski definition) is 1. The lowest BCUT2D eigenvalue weighted by molar-refractivity contribution is 0.0936. The minimum atomic E-state index is -0.139. The highest BCUT2D eigenvalue weighted by atomic mass is 35.5. The summed E-state index contributed by atoms with van der Waals surface area (Å²) in [4.78, 5) is 11.7.